The minimum Gasteiger partial charge on any atom is -0.349 e. The van der Waals surface area contributed by atoms with Crippen LogP contribution in [0.5, 0.6) is 0 Å². The molecule has 0 unspecified atom stereocenters. The Labute approximate surface area is 190 Å². The van der Waals surface area contributed by atoms with Crippen molar-refractivity contribution in [2.45, 2.75) is 38.5 Å². The van der Waals surface area contributed by atoms with Crippen LogP contribution in [0.2, 0.25) is 5.02 Å². The van der Waals surface area contributed by atoms with E-state index in [2.05, 4.69) is 20.8 Å². The number of benzene rings is 2. The van der Waals surface area contributed by atoms with Gasteiger partial charge in [0.1, 0.15) is 0 Å². The molecule has 0 atom stereocenters. The summed E-state index contributed by atoms with van der Waals surface area (Å²) in [6.07, 6.45) is 0.311. The zero-order valence-corrected chi connectivity index (χ0v) is 19.0. The maximum atomic E-state index is 12.4. The number of anilines is 1. The van der Waals surface area contributed by atoms with E-state index in [0.717, 1.165) is 11.1 Å². The zero-order chi connectivity index (χ0) is 22.2. The Bertz CT molecular complexity index is 1060. The van der Waals surface area contributed by atoms with Crippen LogP contribution in [-0.2, 0) is 29.1 Å². The summed E-state index contributed by atoms with van der Waals surface area (Å²) in [4.78, 5) is 24.6. The van der Waals surface area contributed by atoms with Crippen LogP contribution in [0.3, 0.4) is 0 Å². The molecule has 3 rings (SSSR count). The van der Waals surface area contributed by atoms with Crippen LogP contribution in [0.1, 0.15) is 23.9 Å². The fourth-order valence-electron chi connectivity index (χ4n) is 2.94. The summed E-state index contributed by atoms with van der Waals surface area (Å²) in [5.41, 5.74) is 2.58. The highest BCUT2D eigenvalue weighted by Gasteiger charge is 2.14. The molecule has 2 aromatic carbocycles. The predicted octanol–water partition coefficient (Wildman–Crippen LogP) is 3.85. The highest BCUT2D eigenvalue weighted by Crippen LogP contribution is 2.22. The normalized spacial score (nSPS) is 10.7. The van der Waals surface area contributed by atoms with Gasteiger partial charge in [-0.1, -0.05) is 59.8 Å². The standard InChI is InChI=1S/C22H24ClN5O2S/c1-3-28-19(13-24-20(29)11-16-7-5-4-6-8-16)26-27-22(28)31-14-21(30)25-18-12-17(23)10-9-15(18)2/h4-10,12H,3,11,13-14H2,1-2H3,(H,24,29)(H,25,30). The number of carbonyl (C=O) groups excluding carboxylic acids is 2. The van der Waals surface area contributed by atoms with Gasteiger partial charge in [0, 0.05) is 17.3 Å². The number of rotatable bonds is 9. The lowest BCUT2D eigenvalue weighted by atomic mass is 10.1. The average molecular weight is 458 g/mol. The molecule has 0 fully saturated rings. The largest absolute Gasteiger partial charge is 0.349 e. The van der Waals surface area contributed by atoms with Crippen LogP contribution in [0.25, 0.3) is 0 Å². The third kappa shape index (κ3) is 6.57. The lowest BCUT2D eigenvalue weighted by Crippen LogP contribution is -2.26. The van der Waals surface area contributed by atoms with Gasteiger partial charge in [-0.05, 0) is 37.1 Å². The molecule has 2 N–H and O–H groups in total. The quantitative estimate of drug-likeness (QED) is 0.476. The third-order valence-corrected chi connectivity index (χ3v) is 5.77. The summed E-state index contributed by atoms with van der Waals surface area (Å²) in [6, 6.07) is 14.9. The summed E-state index contributed by atoms with van der Waals surface area (Å²) in [7, 11) is 0. The van der Waals surface area contributed by atoms with E-state index < -0.39 is 0 Å². The number of amides is 2. The maximum Gasteiger partial charge on any atom is 0.234 e. The Balaban J connectivity index is 1.54. The zero-order valence-electron chi connectivity index (χ0n) is 17.4. The van der Waals surface area contributed by atoms with Gasteiger partial charge in [-0.15, -0.1) is 10.2 Å². The van der Waals surface area contributed by atoms with Crippen molar-refractivity contribution in [3.8, 4) is 0 Å². The Kier molecular flexibility index (Phi) is 8.08. The van der Waals surface area contributed by atoms with Crippen LogP contribution in [-0.4, -0.2) is 32.3 Å². The van der Waals surface area contributed by atoms with E-state index in [-0.39, 0.29) is 24.1 Å². The molecule has 3 aromatic rings. The van der Waals surface area contributed by atoms with Gasteiger partial charge in [0.2, 0.25) is 11.8 Å². The summed E-state index contributed by atoms with van der Waals surface area (Å²) in [5.74, 6) is 0.600. The molecular formula is C22H24ClN5O2S. The molecule has 0 saturated carbocycles. The molecule has 9 heteroatoms. The van der Waals surface area contributed by atoms with Crippen molar-refractivity contribution in [3.05, 3.63) is 70.5 Å². The molecule has 0 radical (unpaired) electrons. The number of hydrogen-bond acceptors (Lipinski definition) is 5. The van der Waals surface area contributed by atoms with Crippen molar-refractivity contribution in [2.24, 2.45) is 0 Å². The van der Waals surface area contributed by atoms with Crippen molar-refractivity contribution >= 4 is 40.9 Å². The molecule has 0 aliphatic rings. The van der Waals surface area contributed by atoms with Crippen LogP contribution in [0, 0.1) is 6.92 Å². The minimum absolute atomic E-state index is 0.0812. The van der Waals surface area contributed by atoms with E-state index in [1.54, 1.807) is 12.1 Å². The second-order valence-corrected chi connectivity index (χ2v) is 8.26. The van der Waals surface area contributed by atoms with Crippen LogP contribution in [0.4, 0.5) is 5.69 Å². The monoisotopic (exact) mass is 457 g/mol. The lowest BCUT2D eigenvalue weighted by molar-refractivity contribution is -0.120. The van der Waals surface area contributed by atoms with Gasteiger partial charge in [0.25, 0.3) is 0 Å². The third-order valence-electron chi connectivity index (χ3n) is 4.57. The minimum atomic E-state index is -0.154. The highest BCUT2D eigenvalue weighted by atomic mass is 35.5. The molecule has 31 heavy (non-hydrogen) atoms. The molecule has 2 amide bonds. The van der Waals surface area contributed by atoms with E-state index in [1.165, 1.54) is 11.8 Å². The van der Waals surface area contributed by atoms with Crippen LogP contribution in [0.15, 0.2) is 53.7 Å². The number of halogens is 1. The van der Waals surface area contributed by atoms with Crippen molar-refractivity contribution in [1.82, 2.24) is 20.1 Å². The van der Waals surface area contributed by atoms with Crippen molar-refractivity contribution in [2.75, 3.05) is 11.1 Å². The molecule has 0 spiro atoms. The number of nitrogens with one attached hydrogen (secondary N) is 2. The first-order valence-electron chi connectivity index (χ1n) is 9.87. The second-order valence-electron chi connectivity index (χ2n) is 6.88. The second kappa shape index (κ2) is 11.0. The van der Waals surface area contributed by atoms with Crippen LogP contribution >= 0.6 is 23.4 Å². The summed E-state index contributed by atoms with van der Waals surface area (Å²) >= 11 is 7.30. The van der Waals surface area contributed by atoms with E-state index in [1.807, 2.05) is 54.8 Å². The predicted molar refractivity (Wildman–Crippen MR) is 123 cm³/mol. The first kappa shape index (κ1) is 22.8. The number of carbonyl (C=O) groups is 2. The van der Waals surface area contributed by atoms with E-state index in [9.17, 15) is 9.59 Å². The van der Waals surface area contributed by atoms with Gasteiger partial charge in [0.05, 0.1) is 18.7 Å². The molecule has 7 nitrogen and oxygen atoms in total. The SMILES string of the molecule is CCn1c(CNC(=O)Cc2ccccc2)nnc1SCC(=O)Nc1cc(Cl)ccc1C. The Morgan fingerprint density at radius 2 is 1.87 bits per heavy atom. The fourth-order valence-corrected chi connectivity index (χ4v) is 3.93. The Hall–Kier alpha value is -2.84. The Morgan fingerprint density at radius 1 is 1.10 bits per heavy atom. The van der Waals surface area contributed by atoms with Gasteiger partial charge in [0.15, 0.2) is 11.0 Å². The van der Waals surface area contributed by atoms with Crippen molar-refractivity contribution in [3.63, 3.8) is 0 Å². The van der Waals surface area contributed by atoms with E-state index >= 15 is 0 Å². The number of aryl methyl sites for hydroxylation is 1. The fraction of sp³-hybridized carbons (Fsp3) is 0.273. The topological polar surface area (TPSA) is 88.9 Å². The number of hydrogen-bond donors (Lipinski definition) is 2. The number of thioether (sulfide) groups is 1. The van der Waals surface area contributed by atoms with E-state index in [0.29, 0.717) is 34.7 Å². The summed E-state index contributed by atoms with van der Waals surface area (Å²) < 4.78 is 1.89. The van der Waals surface area contributed by atoms with Gasteiger partial charge in [-0.25, -0.2) is 0 Å². The van der Waals surface area contributed by atoms with Gasteiger partial charge in [-0.2, -0.15) is 0 Å². The molecule has 0 bridgehead atoms. The van der Waals surface area contributed by atoms with Crippen molar-refractivity contribution < 1.29 is 9.59 Å². The molecule has 1 aromatic heterocycles. The Morgan fingerprint density at radius 3 is 2.61 bits per heavy atom. The lowest BCUT2D eigenvalue weighted by Gasteiger charge is -2.10. The van der Waals surface area contributed by atoms with Crippen molar-refractivity contribution in [1.29, 1.82) is 0 Å². The molecule has 162 valence electrons. The molecule has 1 heterocycles. The molecule has 0 aliphatic heterocycles. The number of nitrogens with zero attached hydrogens (tertiary/aromatic N) is 3. The average Bonchev–Trinajstić information content (AvgIpc) is 3.16. The molecule has 0 saturated heterocycles. The highest BCUT2D eigenvalue weighted by molar-refractivity contribution is 7.99. The number of aromatic nitrogens is 3. The first-order valence-corrected chi connectivity index (χ1v) is 11.2. The molecular weight excluding hydrogens is 434 g/mol. The first-order chi connectivity index (χ1) is 15.0. The van der Waals surface area contributed by atoms with Crippen LogP contribution < -0.4 is 10.6 Å². The van der Waals surface area contributed by atoms with Gasteiger partial charge >= 0.3 is 0 Å². The summed E-state index contributed by atoms with van der Waals surface area (Å²) in [5, 5.41) is 15.3. The van der Waals surface area contributed by atoms with Gasteiger partial charge in [-0.3, -0.25) is 9.59 Å². The molecule has 0 aliphatic carbocycles. The van der Waals surface area contributed by atoms with E-state index in [4.69, 9.17) is 11.6 Å². The summed E-state index contributed by atoms with van der Waals surface area (Å²) in [6.45, 7) is 4.79. The van der Waals surface area contributed by atoms with Gasteiger partial charge < -0.3 is 15.2 Å². The smallest absolute Gasteiger partial charge is 0.234 e. The maximum absolute atomic E-state index is 12.4.